The van der Waals surface area contributed by atoms with Gasteiger partial charge >= 0.3 is 0 Å². The lowest BCUT2D eigenvalue weighted by Gasteiger charge is -2.19. The van der Waals surface area contributed by atoms with Crippen molar-refractivity contribution in [1.82, 2.24) is 4.90 Å². The summed E-state index contributed by atoms with van der Waals surface area (Å²) in [4.78, 5) is 2.54. The van der Waals surface area contributed by atoms with Crippen molar-refractivity contribution >= 4 is 0 Å². The van der Waals surface area contributed by atoms with Crippen LogP contribution >= 0.6 is 0 Å². The first-order valence-electron chi connectivity index (χ1n) is 5.43. The Balaban J connectivity index is 3.31. The van der Waals surface area contributed by atoms with Gasteiger partial charge in [-0.3, -0.25) is 0 Å². The van der Waals surface area contributed by atoms with Crippen molar-refractivity contribution in [3.8, 4) is 0 Å². The summed E-state index contributed by atoms with van der Waals surface area (Å²) >= 11 is 0. The number of hydrogen-bond acceptors (Lipinski definition) is 1. The summed E-state index contributed by atoms with van der Waals surface area (Å²) in [5.41, 5.74) is 0. The molecular formula is C11H25N. The van der Waals surface area contributed by atoms with E-state index in [1.165, 1.54) is 38.9 Å². The minimum Gasteiger partial charge on any atom is -0.304 e. The average Bonchev–Trinajstić information content (AvgIpc) is 2.02. The Kier molecular flexibility index (Phi) is 7.58. The molecule has 0 saturated carbocycles. The monoisotopic (exact) mass is 171 g/mol. The molecule has 0 atom stereocenters. The molecule has 12 heavy (non-hydrogen) atoms. The molecule has 0 aromatic heterocycles. The molecule has 0 bridgehead atoms. The Morgan fingerprint density at radius 2 is 1.75 bits per heavy atom. The van der Waals surface area contributed by atoms with E-state index in [2.05, 4.69) is 32.6 Å². The summed E-state index contributed by atoms with van der Waals surface area (Å²) in [5, 5.41) is 0. The van der Waals surface area contributed by atoms with E-state index in [1.54, 1.807) is 0 Å². The van der Waals surface area contributed by atoms with Gasteiger partial charge in [-0.05, 0) is 44.8 Å². The molecule has 0 radical (unpaired) electrons. The highest BCUT2D eigenvalue weighted by Crippen LogP contribution is 2.04. The van der Waals surface area contributed by atoms with Crippen LogP contribution in [0.3, 0.4) is 0 Å². The van der Waals surface area contributed by atoms with E-state index in [-0.39, 0.29) is 0 Å². The molecule has 0 aliphatic carbocycles. The Bertz CT molecular complexity index is 89.0. The van der Waals surface area contributed by atoms with E-state index >= 15 is 0 Å². The zero-order chi connectivity index (χ0) is 9.40. The van der Waals surface area contributed by atoms with Gasteiger partial charge < -0.3 is 4.90 Å². The van der Waals surface area contributed by atoms with Crippen molar-refractivity contribution in [1.29, 1.82) is 0 Å². The van der Waals surface area contributed by atoms with E-state index in [1.807, 2.05) is 0 Å². The van der Waals surface area contributed by atoms with E-state index in [9.17, 15) is 0 Å². The van der Waals surface area contributed by atoms with E-state index in [0.29, 0.717) is 0 Å². The van der Waals surface area contributed by atoms with Gasteiger partial charge in [0, 0.05) is 0 Å². The molecule has 0 spiro atoms. The summed E-state index contributed by atoms with van der Waals surface area (Å²) < 4.78 is 0. The lowest BCUT2D eigenvalue weighted by Crippen LogP contribution is -2.25. The summed E-state index contributed by atoms with van der Waals surface area (Å²) in [6.07, 6.45) is 4.03. The largest absolute Gasteiger partial charge is 0.304 e. The highest BCUT2D eigenvalue weighted by molar-refractivity contribution is 4.55. The van der Waals surface area contributed by atoms with Crippen LogP contribution in [0.15, 0.2) is 0 Å². The van der Waals surface area contributed by atoms with Crippen LogP contribution in [0, 0.1) is 5.92 Å². The van der Waals surface area contributed by atoms with Gasteiger partial charge in [0.05, 0.1) is 0 Å². The van der Waals surface area contributed by atoms with Crippen LogP contribution < -0.4 is 0 Å². The van der Waals surface area contributed by atoms with Gasteiger partial charge in [-0.25, -0.2) is 0 Å². The SMILES string of the molecule is CCCN(CC)CCCC(C)C. The first-order chi connectivity index (χ1) is 5.70. The van der Waals surface area contributed by atoms with Gasteiger partial charge in [-0.2, -0.15) is 0 Å². The van der Waals surface area contributed by atoms with Gasteiger partial charge in [0.1, 0.15) is 0 Å². The van der Waals surface area contributed by atoms with Crippen LogP contribution in [-0.4, -0.2) is 24.5 Å². The zero-order valence-corrected chi connectivity index (χ0v) is 9.27. The maximum absolute atomic E-state index is 2.54. The van der Waals surface area contributed by atoms with Gasteiger partial charge in [0.2, 0.25) is 0 Å². The minimum absolute atomic E-state index is 0.866. The molecule has 0 N–H and O–H groups in total. The second-order valence-electron chi connectivity index (χ2n) is 3.97. The van der Waals surface area contributed by atoms with Crippen LogP contribution in [0.2, 0.25) is 0 Å². The average molecular weight is 171 g/mol. The van der Waals surface area contributed by atoms with Crippen molar-refractivity contribution in [3.63, 3.8) is 0 Å². The third-order valence-corrected chi connectivity index (χ3v) is 2.24. The first kappa shape index (κ1) is 12.0. The molecule has 0 saturated heterocycles. The van der Waals surface area contributed by atoms with E-state index in [4.69, 9.17) is 0 Å². The molecule has 0 aromatic carbocycles. The minimum atomic E-state index is 0.866. The molecule has 0 aromatic rings. The smallest absolute Gasteiger partial charge is 0.00188 e. The molecule has 0 fully saturated rings. The van der Waals surface area contributed by atoms with Crippen LogP contribution in [0.25, 0.3) is 0 Å². The molecule has 0 aliphatic heterocycles. The van der Waals surface area contributed by atoms with Gasteiger partial charge in [-0.1, -0.05) is 27.7 Å². The molecular weight excluding hydrogens is 146 g/mol. The Labute approximate surface area is 78.1 Å². The molecule has 74 valence electrons. The summed E-state index contributed by atoms with van der Waals surface area (Å²) in [6.45, 7) is 12.9. The van der Waals surface area contributed by atoms with Crippen molar-refractivity contribution < 1.29 is 0 Å². The maximum atomic E-state index is 2.54. The number of nitrogens with zero attached hydrogens (tertiary/aromatic N) is 1. The number of hydrogen-bond donors (Lipinski definition) is 0. The molecule has 0 rings (SSSR count). The highest BCUT2D eigenvalue weighted by Gasteiger charge is 2.00. The Hall–Kier alpha value is -0.0400. The van der Waals surface area contributed by atoms with Crippen molar-refractivity contribution in [2.75, 3.05) is 19.6 Å². The fraction of sp³-hybridized carbons (Fsp3) is 1.00. The van der Waals surface area contributed by atoms with Crippen LogP contribution in [0.5, 0.6) is 0 Å². The standard InChI is InChI=1S/C11H25N/c1-5-9-12(6-2)10-7-8-11(3)4/h11H,5-10H2,1-4H3. The first-order valence-corrected chi connectivity index (χ1v) is 5.43. The lowest BCUT2D eigenvalue weighted by atomic mass is 10.1. The fourth-order valence-electron chi connectivity index (χ4n) is 1.47. The van der Waals surface area contributed by atoms with E-state index in [0.717, 1.165) is 5.92 Å². The maximum Gasteiger partial charge on any atom is -0.00188 e. The van der Waals surface area contributed by atoms with Crippen LogP contribution in [-0.2, 0) is 0 Å². The predicted octanol–water partition coefficient (Wildman–Crippen LogP) is 3.15. The van der Waals surface area contributed by atoms with Gasteiger partial charge in [0.15, 0.2) is 0 Å². The molecule has 0 amide bonds. The van der Waals surface area contributed by atoms with Gasteiger partial charge in [0.25, 0.3) is 0 Å². The zero-order valence-electron chi connectivity index (χ0n) is 9.27. The fourth-order valence-corrected chi connectivity index (χ4v) is 1.47. The van der Waals surface area contributed by atoms with Crippen molar-refractivity contribution in [2.45, 2.75) is 47.0 Å². The molecule has 1 heteroatoms. The van der Waals surface area contributed by atoms with Crippen LogP contribution in [0.1, 0.15) is 47.0 Å². The number of rotatable bonds is 7. The molecule has 0 aliphatic rings. The predicted molar refractivity (Wildman–Crippen MR) is 56.5 cm³/mol. The van der Waals surface area contributed by atoms with E-state index < -0.39 is 0 Å². The quantitative estimate of drug-likeness (QED) is 0.569. The summed E-state index contributed by atoms with van der Waals surface area (Å²) in [7, 11) is 0. The lowest BCUT2D eigenvalue weighted by molar-refractivity contribution is 0.277. The Morgan fingerprint density at radius 3 is 2.17 bits per heavy atom. The topological polar surface area (TPSA) is 3.24 Å². The second-order valence-corrected chi connectivity index (χ2v) is 3.97. The third kappa shape index (κ3) is 6.66. The molecule has 0 unspecified atom stereocenters. The Morgan fingerprint density at radius 1 is 1.08 bits per heavy atom. The molecule has 0 heterocycles. The third-order valence-electron chi connectivity index (χ3n) is 2.24. The molecule has 1 nitrogen and oxygen atoms in total. The van der Waals surface area contributed by atoms with Crippen molar-refractivity contribution in [3.05, 3.63) is 0 Å². The van der Waals surface area contributed by atoms with Gasteiger partial charge in [-0.15, -0.1) is 0 Å². The summed E-state index contributed by atoms with van der Waals surface area (Å²) in [5.74, 6) is 0.866. The van der Waals surface area contributed by atoms with Crippen LogP contribution in [0.4, 0.5) is 0 Å². The summed E-state index contributed by atoms with van der Waals surface area (Å²) in [6, 6.07) is 0. The van der Waals surface area contributed by atoms with Crippen molar-refractivity contribution in [2.24, 2.45) is 5.92 Å². The highest BCUT2D eigenvalue weighted by atomic mass is 15.1. The normalized spacial score (nSPS) is 11.5. The second kappa shape index (κ2) is 7.60.